The number of aryl methyl sites for hydroxylation is 3. The highest BCUT2D eigenvalue weighted by atomic mass is 32.1. The Morgan fingerprint density at radius 3 is 2.75 bits per heavy atom. The first-order valence-electron chi connectivity index (χ1n) is 4.89. The molecule has 0 aliphatic carbocycles. The highest BCUT2D eigenvalue weighted by molar-refractivity contribution is 7.14. The molecule has 2 rings (SSSR count). The molecule has 5 nitrogen and oxygen atoms in total. The van der Waals surface area contributed by atoms with Crippen molar-refractivity contribution in [2.75, 3.05) is 0 Å². The van der Waals surface area contributed by atoms with Crippen molar-refractivity contribution in [1.29, 1.82) is 0 Å². The van der Waals surface area contributed by atoms with E-state index >= 15 is 0 Å². The Morgan fingerprint density at radius 1 is 1.50 bits per heavy atom. The molecule has 0 aromatic carbocycles. The van der Waals surface area contributed by atoms with E-state index in [9.17, 15) is 4.79 Å². The second-order valence-electron chi connectivity index (χ2n) is 3.64. The van der Waals surface area contributed by atoms with Crippen LogP contribution >= 0.6 is 11.3 Å². The van der Waals surface area contributed by atoms with Crippen LogP contribution in [-0.4, -0.2) is 26.0 Å². The van der Waals surface area contributed by atoms with Crippen molar-refractivity contribution in [2.24, 2.45) is 7.05 Å². The quantitative estimate of drug-likeness (QED) is 0.754. The lowest BCUT2D eigenvalue weighted by atomic mass is 10.2. The maximum absolute atomic E-state index is 11.9. The van der Waals surface area contributed by atoms with Gasteiger partial charge >= 0.3 is 0 Å². The molecule has 0 saturated carbocycles. The van der Waals surface area contributed by atoms with Crippen molar-refractivity contribution in [3.8, 4) is 0 Å². The summed E-state index contributed by atoms with van der Waals surface area (Å²) in [6, 6.07) is 1.92. The average Bonchev–Trinajstić information content (AvgIpc) is 2.75. The van der Waals surface area contributed by atoms with Crippen molar-refractivity contribution in [3.05, 3.63) is 27.2 Å². The van der Waals surface area contributed by atoms with Gasteiger partial charge in [-0.2, -0.15) is 4.80 Å². The Balaban J connectivity index is 2.14. The van der Waals surface area contributed by atoms with Gasteiger partial charge in [0.25, 0.3) is 0 Å². The van der Waals surface area contributed by atoms with Gasteiger partial charge < -0.3 is 0 Å². The van der Waals surface area contributed by atoms with Crippen molar-refractivity contribution in [2.45, 2.75) is 20.3 Å². The van der Waals surface area contributed by atoms with Crippen LogP contribution in [0.15, 0.2) is 6.07 Å². The summed E-state index contributed by atoms with van der Waals surface area (Å²) in [7, 11) is 1.68. The highest BCUT2D eigenvalue weighted by Crippen LogP contribution is 2.21. The Morgan fingerprint density at radius 2 is 2.25 bits per heavy atom. The summed E-state index contributed by atoms with van der Waals surface area (Å²) in [5.41, 5.74) is 1.15. The minimum Gasteiger partial charge on any atom is -0.293 e. The number of carbonyl (C=O) groups excluding carboxylic acids is 1. The fourth-order valence-electron chi connectivity index (χ4n) is 1.34. The first-order valence-corrected chi connectivity index (χ1v) is 5.71. The van der Waals surface area contributed by atoms with Crippen LogP contribution in [0.3, 0.4) is 0 Å². The molecule has 16 heavy (non-hydrogen) atoms. The molecule has 0 spiro atoms. The molecule has 2 heterocycles. The molecule has 0 amide bonds. The van der Waals surface area contributed by atoms with E-state index < -0.39 is 0 Å². The summed E-state index contributed by atoms with van der Waals surface area (Å²) in [5, 5.41) is 11.5. The van der Waals surface area contributed by atoms with Crippen LogP contribution in [0.4, 0.5) is 0 Å². The SMILES string of the molecule is Cc1cc(C(=O)Cc2nnn(C)n2)sc1C. The second-order valence-corrected chi connectivity index (χ2v) is 4.90. The fraction of sp³-hybridized carbons (Fsp3) is 0.400. The lowest BCUT2D eigenvalue weighted by molar-refractivity contribution is 0.0994. The minimum absolute atomic E-state index is 0.0502. The molecule has 0 bridgehead atoms. The number of ketones is 1. The number of hydrogen-bond donors (Lipinski definition) is 0. The number of carbonyl (C=O) groups is 1. The summed E-state index contributed by atoms with van der Waals surface area (Å²) in [6.07, 6.45) is 0.216. The maximum Gasteiger partial charge on any atom is 0.182 e. The number of aromatic nitrogens is 4. The normalized spacial score (nSPS) is 10.7. The highest BCUT2D eigenvalue weighted by Gasteiger charge is 2.13. The molecule has 6 heteroatoms. The Labute approximate surface area is 97.1 Å². The first kappa shape index (κ1) is 10.9. The minimum atomic E-state index is 0.0502. The van der Waals surface area contributed by atoms with Gasteiger partial charge in [0.2, 0.25) is 0 Å². The third-order valence-electron chi connectivity index (χ3n) is 2.31. The number of hydrogen-bond acceptors (Lipinski definition) is 5. The summed E-state index contributed by atoms with van der Waals surface area (Å²) in [5.74, 6) is 0.519. The van der Waals surface area contributed by atoms with Crippen LogP contribution < -0.4 is 0 Å². The van der Waals surface area contributed by atoms with Gasteiger partial charge in [-0.05, 0) is 30.7 Å². The van der Waals surface area contributed by atoms with Gasteiger partial charge in [0.1, 0.15) is 0 Å². The number of tetrazole rings is 1. The third-order valence-corrected chi connectivity index (χ3v) is 3.50. The van der Waals surface area contributed by atoms with Crippen LogP contribution in [0.2, 0.25) is 0 Å². The lowest BCUT2D eigenvalue weighted by Crippen LogP contribution is -2.03. The van der Waals surface area contributed by atoms with Crippen LogP contribution in [0, 0.1) is 13.8 Å². The molecule has 0 unspecified atom stereocenters. The standard InChI is InChI=1S/C10H12N4OS/c1-6-4-9(16-7(6)2)8(15)5-10-11-13-14(3)12-10/h4H,5H2,1-3H3. The van der Waals surface area contributed by atoms with Gasteiger partial charge in [0.15, 0.2) is 11.6 Å². The van der Waals surface area contributed by atoms with E-state index in [0.29, 0.717) is 5.82 Å². The van der Waals surface area contributed by atoms with E-state index in [1.54, 1.807) is 7.05 Å². The van der Waals surface area contributed by atoms with Gasteiger partial charge in [0.05, 0.1) is 18.3 Å². The molecule has 0 N–H and O–H groups in total. The largest absolute Gasteiger partial charge is 0.293 e. The van der Waals surface area contributed by atoms with E-state index in [-0.39, 0.29) is 12.2 Å². The van der Waals surface area contributed by atoms with Crippen LogP contribution in [-0.2, 0) is 13.5 Å². The third kappa shape index (κ3) is 2.16. The van der Waals surface area contributed by atoms with Gasteiger partial charge in [-0.15, -0.1) is 21.5 Å². The van der Waals surface area contributed by atoms with Crippen LogP contribution in [0.25, 0.3) is 0 Å². The predicted molar refractivity (Wildman–Crippen MR) is 60.6 cm³/mol. The maximum atomic E-state index is 11.9. The molecular weight excluding hydrogens is 224 g/mol. The van der Waals surface area contributed by atoms with Crippen molar-refractivity contribution in [1.82, 2.24) is 20.2 Å². The summed E-state index contributed by atoms with van der Waals surface area (Å²) < 4.78 is 0. The summed E-state index contributed by atoms with van der Waals surface area (Å²) >= 11 is 1.52. The first-order chi connectivity index (χ1) is 7.56. The molecule has 2 aromatic rings. The van der Waals surface area contributed by atoms with Crippen molar-refractivity contribution < 1.29 is 4.79 Å². The molecule has 2 aromatic heterocycles. The van der Waals surface area contributed by atoms with Gasteiger partial charge in [0, 0.05) is 4.88 Å². The zero-order valence-corrected chi connectivity index (χ0v) is 10.2. The molecule has 0 fully saturated rings. The van der Waals surface area contributed by atoms with Gasteiger partial charge in [-0.3, -0.25) is 4.79 Å². The molecule has 0 radical (unpaired) electrons. The molecule has 0 aliphatic rings. The van der Waals surface area contributed by atoms with Crippen molar-refractivity contribution >= 4 is 17.1 Å². The Bertz CT molecular complexity index is 509. The monoisotopic (exact) mass is 236 g/mol. The zero-order valence-electron chi connectivity index (χ0n) is 9.39. The summed E-state index contributed by atoms with van der Waals surface area (Å²) in [4.78, 5) is 15.2. The average molecular weight is 236 g/mol. The van der Waals surface area contributed by atoms with Crippen LogP contribution in [0.1, 0.15) is 25.9 Å². The van der Waals surface area contributed by atoms with E-state index in [4.69, 9.17) is 0 Å². The molecule has 0 saturated heterocycles. The topological polar surface area (TPSA) is 60.7 Å². The van der Waals surface area contributed by atoms with Crippen molar-refractivity contribution in [3.63, 3.8) is 0 Å². The predicted octanol–water partition coefficient (Wildman–Crippen LogP) is 1.31. The second kappa shape index (κ2) is 4.13. The van der Waals surface area contributed by atoms with E-state index in [1.807, 2.05) is 19.9 Å². The Kier molecular flexibility index (Phi) is 2.82. The molecule has 0 atom stereocenters. The number of thiophene rings is 1. The van der Waals surface area contributed by atoms with Gasteiger partial charge in [-0.25, -0.2) is 0 Å². The molecule has 84 valence electrons. The zero-order chi connectivity index (χ0) is 11.7. The fourth-order valence-corrected chi connectivity index (χ4v) is 2.31. The number of rotatable bonds is 3. The number of nitrogens with zero attached hydrogens (tertiary/aromatic N) is 4. The Hall–Kier alpha value is -1.56. The van der Waals surface area contributed by atoms with E-state index in [1.165, 1.54) is 21.0 Å². The smallest absolute Gasteiger partial charge is 0.182 e. The summed E-state index contributed by atoms with van der Waals surface area (Å²) in [6.45, 7) is 4.01. The molecular formula is C10H12N4OS. The van der Waals surface area contributed by atoms with Gasteiger partial charge in [-0.1, -0.05) is 0 Å². The lowest BCUT2D eigenvalue weighted by Gasteiger charge is -1.91. The number of Topliss-reactive ketones (excluding diaryl/α,β-unsaturated/α-hetero) is 1. The van der Waals surface area contributed by atoms with Crippen LogP contribution in [0.5, 0.6) is 0 Å². The molecule has 0 aliphatic heterocycles. The van der Waals surface area contributed by atoms with E-state index in [2.05, 4.69) is 15.4 Å². The van der Waals surface area contributed by atoms with E-state index in [0.717, 1.165) is 10.4 Å².